The number of hydrogen-bond donors (Lipinski definition) is 2. The molecule has 0 saturated heterocycles. The van der Waals surface area contributed by atoms with Crippen LogP contribution in [0.5, 0.6) is 0 Å². The minimum Gasteiger partial charge on any atom is -0.475 e. The molecule has 5 nitrogen and oxygen atoms in total. The number of carbonyl (C=O) groups is 1. The topological polar surface area (TPSA) is 75.4 Å². The number of carboxylic acids is 1. The molecule has 1 aromatic rings. The van der Waals surface area contributed by atoms with Crippen molar-refractivity contribution in [3.05, 3.63) is 12.0 Å². The number of aromatic carboxylic acids is 1. The molecule has 0 amide bonds. The zero-order valence-corrected chi connectivity index (χ0v) is 6.00. The van der Waals surface area contributed by atoms with E-state index in [0.717, 1.165) is 0 Å². The fraction of sp³-hybridized carbons (Fsp3) is 0.333. The van der Waals surface area contributed by atoms with Crippen LogP contribution in [0.1, 0.15) is 17.5 Å². The highest BCUT2D eigenvalue weighted by Crippen LogP contribution is 2.07. The maximum Gasteiger partial charge on any atom is 0.373 e. The van der Waals surface area contributed by atoms with E-state index in [1.807, 2.05) is 6.92 Å². The standard InChI is InChI=1S/C6H8N2O3/c1-2-7-6-8-3-4(11-6)5(9)10/h3H,2H2,1H3,(H,7,8)(H,9,10). The van der Waals surface area contributed by atoms with Crippen LogP contribution in [-0.2, 0) is 0 Å². The number of carboxylic acid groups (broad SMARTS) is 1. The molecular weight excluding hydrogens is 148 g/mol. The first-order valence-electron chi connectivity index (χ1n) is 3.17. The number of nitrogens with zero attached hydrogens (tertiary/aromatic N) is 1. The molecule has 11 heavy (non-hydrogen) atoms. The van der Waals surface area contributed by atoms with Gasteiger partial charge in [-0.15, -0.1) is 0 Å². The normalized spacial score (nSPS) is 9.55. The average Bonchev–Trinajstić information content (AvgIpc) is 2.37. The molecule has 0 radical (unpaired) electrons. The molecule has 1 rings (SSSR count). The van der Waals surface area contributed by atoms with Crippen molar-refractivity contribution in [1.82, 2.24) is 4.98 Å². The Hall–Kier alpha value is -1.52. The number of aromatic nitrogens is 1. The number of anilines is 1. The van der Waals surface area contributed by atoms with E-state index in [1.165, 1.54) is 6.20 Å². The second kappa shape index (κ2) is 3.05. The predicted molar refractivity (Wildman–Crippen MR) is 37.6 cm³/mol. The first kappa shape index (κ1) is 7.59. The monoisotopic (exact) mass is 156 g/mol. The molecule has 5 heteroatoms. The summed E-state index contributed by atoms with van der Waals surface area (Å²) in [7, 11) is 0. The zero-order valence-electron chi connectivity index (χ0n) is 6.00. The third kappa shape index (κ3) is 1.70. The van der Waals surface area contributed by atoms with E-state index in [-0.39, 0.29) is 11.8 Å². The van der Waals surface area contributed by atoms with Crippen LogP contribution in [0.15, 0.2) is 10.6 Å². The molecule has 0 bridgehead atoms. The van der Waals surface area contributed by atoms with Gasteiger partial charge in [0.2, 0.25) is 5.76 Å². The number of rotatable bonds is 3. The van der Waals surface area contributed by atoms with Crippen LogP contribution >= 0.6 is 0 Å². The Kier molecular flexibility index (Phi) is 2.10. The fourth-order valence-electron chi connectivity index (χ4n) is 0.606. The molecular formula is C6H8N2O3. The number of nitrogens with one attached hydrogen (secondary N) is 1. The Balaban J connectivity index is 2.73. The van der Waals surface area contributed by atoms with Gasteiger partial charge in [0.05, 0.1) is 6.20 Å². The van der Waals surface area contributed by atoms with Crippen molar-refractivity contribution in [2.45, 2.75) is 6.92 Å². The fourth-order valence-corrected chi connectivity index (χ4v) is 0.606. The molecule has 0 saturated carbocycles. The van der Waals surface area contributed by atoms with Gasteiger partial charge in [0.1, 0.15) is 0 Å². The molecule has 0 spiro atoms. The van der Waals surface area contributed by atoms with E-state index in [4.69, 9.17) is 9.52 Å². The van der Waals surface area contributed by atoms with Gasteiger partial charge < -0.3 is 14.8 Å². The van der Waals surface area contributed by atoms with Crippen molar-refractivity contribution in [1.29, 1.82) is 0 Å². The summed E-state index contributed by atoms with van der Waals surface area (Å²) >= 11 is 0. The van der Waals surface area contributed by atoms with Gasteiger partial charge >= 0.3 is 5.97 Å². The molecule has 1 aromatic heterocycles. The lowest BCUT2D eigenvalue weighted by Gasteiger charge is -1.91. The van der Waals surface area contributed by atoms with Crippen LogP contribution in [0.2, 0.25) is 0 Å². The smallest absolute Gasteiger partial charge is 0.373 e. The summed E-state index contributed by atoms with van der Waals surface area (Å²) in [5.41, 5.74) is 0. The van der Waals surface area contributed by atoms with Gasteiger partial charge in [0.25, 0.3) is 6.01 Å². The van der Waals surface area contributed by atoms with Gasteiger partial charge in [-0.25, -0.2) is 9.78 Å². The lowest BCUT2D eigenvalue weighted by molar-refractivity contribution is 0.0663. The van der Waals surface area contributed by atoms with E-state index >= 15 is 0 Å². The van der Waals surface area contributed by atoms with E-state index in [1.54, 1.807) is 0 Å². The minimum absolute atomic E-state index is 0.152. The highest BCUT2D eigenvalue weighted by Gasteiger charge is 2.08. The second-order valence-corrected chi connectivity index (χ2v) is 1.87. The lowest BCUT2D eigenvalue weighted by Crippen LogP contribution is -1.96. The maximum atomic E-state index is 10.3. The third-order valence-electron chi connectivity index (χ3n) is 1.04. The van der Waals surface area contributed by atoms with Gasteiger partial charge in [-0.05, 0) is 6.92 Å². The van der Waals surface area contributed by atoms with Crippen LogP contribution in [0.25, 0.3) is 0 Å². The van der Waals surface area contributed by atoms with Crippen molar-refractivity contribution in [2.75, 3.05) is 11.9 Å². The van der Waals surface area contributed by atoms with Gasteiger partial charge in [-0.3, -0.25) is 0 Å². The highest BCUT2D eigenvalue weighted by atomic mass is 16.4. The van der Waals surface area contributed by atoms with Gasteiger partial charge in [-0.1, -0.05) is 0 Å². The summed E-state index contributed by atoms with van der Waals surface area (Å²) in [6.45, 7) is 2.52. The van der Waals surface area contributed by atoms with Crippen molar-refractivity contribution >= 4 is 12.0 Å². The Morgan fingerprint density at radius 3 is 3.09 bits per heavy atom. The SMILES string of the molecule is CCNc1ncc(C(=O)O)o1. The molecule has 0 aliphatic rings. The van der Waals surface area contributed by atoms with Crippen LogP contribution in [-0.4, -0.2) is 22.6 Å². The molecule has 0 fully saturated rings. The first-order valence-corrected chi connectivity index (χ1v) is 3.17. The summed E-state index contributed by atoms with van der Waals surface area (Å²) in [5, 5.41) is 11.1. The average molecular weight is 156 g/mol. The largest absolute Gasteiger partial charge is 0.475 e. The quantitative estimate of drug-likeness (QED) is 0.677. The Bertz CT molecular complexity index is 256. The summed E-state index contributed by atoms with van der Waals surface area (Å²) in [6, 6.07) is 0.241. The Morgan fingerprint density at radius 1 is 1.91 bits per heavy atom. The summed E-state index contributed by atoms with van der Waals surface area (Å²) in [6.07, 6.45) is 1.17. The molecule has 0 unspecified atom stereocenters. The molecule has 0 aromatic carbocycles. The molecule has 0 atom stereocenters. The summed E-state index contributed by atoms with van der Waals surface area (Å²) in [5.74, 6) is -1.26. The molecule has 2 N–H and O–H groups in total. The number of hydrogen-bond acceptors (Lipinski definition) is 4. The number of oxazole rings is 1. The van der Waals surface area contributed by atoms with Crippen molar-refractivity contribution in [2.24, 2.45) is 0 Å². The van der Waals surface area contributed by atoms with E-state index in [9.17, 15) is 4.79 Å². The van der Waals surface area contributed by atoms with Crippen LogP contribution < -0.4 is 5.32 Å². The van der Waals surface area contributed by atoms with E-state index in [0.29, 0.717) is 6.54 Å². The second-order valence-electron chi connectivity index (χ2n) is 1.87. The van der Waals surface area contributed by atoms with Crippen molar-refractivity contribution in [3.63, 3.8) is 0 Å². The molecule has 0 aliphatic carbocycles. The van der Waals surface area contributed by atoms with Gasteiger partial charge in [0, 0.05) is 6.54 Å². The Labute approximate surface area is 63.0 Å². The van der Waals surface area contributed by atoms with Crippen LogP contribution in [0, 0.1) is 0 Å². The van der Waals surface area contributed by atoms with Crippen molar-refractivity contribution < 1.29 is 14.3 Å². The Morgan fingerprint density at radius 2 is 2.64 bits per heavy atom. The summed E-state index contributed by atoms with van der Waals surface area (Å²) in [4.78, 5) is 13.9. The van der Waals surface area contributed by atoms with Crippen LogP contribution in [0.3, 0.4) is 0 Å². The van der Waals surface area contributed by atoms with Gasteiger partial charge in [0.15, 0.2) is 0 Å². The molecule has 1 heterocycles. The van der Waals surface area contributed by atoms with Crippen LogP contribution in [0.4, 0.5) is 6.01 Å². The lowest BCUT2D eigenvalue weighted by atomic mass is 10.5. The highest BCUT2D eigenvalue weighted by molar-refractivity contribution is 5.84. The van der Waals surface area contributed by atoms with E-state index in [2.05, 4.69) is 10.3 Å². The first-order chi connectivity index (χ1) is 5.24. The van der Waals surface area contributed by atoms with Gasteiger partial charge in [-0.2, -0.15) is 0 Å². The maximum absolute atomic E-state index is 10.3. The summed E-state index contributed by atoms with van der Waals surface area (Å²) < 4.78 is 4.76. The predicted octanol–water partition coefficient (Wildman–Crippen LogP) is 0.805. The minimum atomic E-state index is -1.11. The van der Waals surface area contributed by atoms with E-state index < -0.39 is 5.97 Å². The molecule has 60 valence electrons. The third-order valence-corrected chi connectivity index (χ3v) is 1.04. The molecule has 0 aliphatic heterocycles. The zero-order chi connectivity index (χ0) is 8.27. The van der Waals surface area contributed by atoms with Crippen molar-refractivity contribution in [3.8, 4) is 0 Å².